The topological polar surface area (TPSA) is 32.3 Å². The molecule has 1 N–H and O–H groups in total. The quantitative estimate of drug-likeness (QED) is 0.880. The van der Waals surface area contributed by atoms with Crippen LogP contribution in [-0.4, -0.2) is 37.5 Å². The molecule has 1 unspecified atom stereocenters. The lowest BCUT2D eigenvalue weighted by Gasteiger charge is -2.20. The van der Waals surface area contributed by atoms with Crippen LogP contribution in [0.4, 0.5) is 4.39 Å². The van der Waals surface area contributed by atoms with Crippen LogP contribution in [0.5, 0.6) is 0 Å². The molecule has 1 aromatic carbocycles. The molecule has 0 aromatic heterocycles. The molecule has 19 heavy (non-hydrogen) atoms. The molecule has 104 valence electrons. The summed E-state index contributed by atoms with van der Waals surface area (Å²) in [5.74, 6) is 0.426. The Hall–Kier alpha value is -1.42. The molecule has 3 nitrogen and oxygen atoms in total. The minimum Gasteiger partial charge on any atom is -0.345 e. The summed E-state index contributed by atoms with van der Waals surface area (Å²) in [5, 5.41) is 3.29. The lowest BCUT2D eigenvalue weighted by Crippen LogP contribution is -2.32. The van der Waals surface area contributed by atoms with E-state index in [1.165, 1.54) is 6.07 Å². The average molecular weight is 264 g/mol. The van der Waals surface area contributed by atoms with Crippen LogP contribution < -0.4 is 5.32 Å². The van der Waals surface area contributed by atoms with Crippen molar-refractivity contribution < 1.29 is 9.18 Å². The van der Waals surface area contributed by atoms with Gasteiger partial charge in [0.05, 0.1) is 0 Å². The van der Waals surface area contributed by atoms with Crippen molar-refractivity contribution in [3.8, 4) is 0 Å². The molecule has 0 radical (unpaired) electrons. The molecular weight excluding hydrogens is 243 g/mol. The predicted molar refractivity (Wildman–Crippen MR) is 73.3 cm³/mol. The number of carbonyl (C=O) groups excluding carboxylic acids is 1. The van der Waals surface area contributed by atoms with Gasteiger partial charge in [-0.05, 0) is 43.5 Å². The number of halogens is 1. The minimum atomic E-state index is -0.224. The molecule has 0 aliphatic carbocycles. The van der Waals surface area contributed by atoms with Crippen LogP contribution in [0.25, 0.3) is 0 Å². The third kappa shape index (κ3) is 4.03. The van der Waals surface area contributed by atoms with Crippen LogP contribution in [0.1, 0.15) is 18.4 Å². The van der Waals surface area contributed by atoms with E-state index in [4.69, 9.17) is 0 Å². The molecule has 1 saturated heterocycles. The predicted octanol–water partition coefficient (Wildman–Crippen LogP) is 1.83. The van der Waals surface area contributed by atoms with Crippen LogP contribution in [-0.2, 0) is 11.2 Å². The third-order valence-electron chi connectivity index (χ3n) is 3.69. The van der Waals surface area contributed by atoms with E-state index in [0.717, 1.165) is 26.1 Å². The lowest BCUT2D eigenvalue weighted by atomic mass is 10.1. The summed E-state index contributed by atoms with van der Waals surface area (Å²) < 4.78 is 13.4. The number of rotatable bonds is 5. The minimum absolute atomic E-state index is 0.0927. The van der Waals surface area contributed by atoms with Crippen molar-refractivity contribution in [2.45, 2.75) is 19.3 Å². The standard InChI is InChI=1S/C15H21FN2O/c1-18(11-12-8-9-17-10-12)15(19)7-6-13-4-2-3-5-14(13)16/h2-5,12,17H,6-11H2,1H3. The first-order valence-corrected chi connectivity index (χ1v) is 6.85. The Bertz CT molecular complexity index is 430. The van der Waals surface area contributed by atoms with Gasteiger partial charge in [0.25, 0.3) is 0 Å². The molecule has 1 aliphatic rings. The summed E-state index contributed by atoms with van der Waals surface area (Å²) in [6, 6.07) is 6.65. The summed E-state index contributed by atoms with van der Waals surface area (Å²) in [6.07, 6.45) is 1.97. The first kappa shape index (κ1) is 14.0. The molecule has 1 fully saturated rings. The van der Waals surface area contributed by atoms with Gasteiger partial charge in [-0.3, -0.25) is 4.79 Å². The van der Waals surface area contributed by atoms with Crippen LogP contribution >= 0.6 is 0 Å². The number of nitrogens with zero attached hydrogens (tertiary/aromatic N) is 1. The van der Waals surface area contributed by atoms with E-state index in [1.54, 1.807) is 23.1 Å². The second-order valence-corrected chi connectivity index (χ2v) is 5.22. The number of carbonyl (C=O) groups is 1. The first-order chi connectivity index (χ1) is 9.16. The summed E-state index contributed by atoms with van der Waals surface area (Å²) in [7, 11) is 1.84. The Balaban J connectivity index is 1.78. The third-order valence-corrected chi connectivity index (χ3v) is 3.69. The molecule has 0 bridgehead atoms. The zero-order valence-corrected chi connectivity index (χ0v) is 11.4. The molecule has 1 aliphatic heterocycles. The Morgan fingerprint density at radius 1 is 1.47 bits per heavy atom. The molecule has 1 atom stereocenters. The summed E-state index contributed by atoms with van der Waals surface area (Å²) in [6.45, 7) is 2.83. The number of nitrogens with one attached hydrogen (secondary N) is 1. The van der Waals surface area contributed by atoms with Gasteiger partial charge in [-0.25, -0.2) is 4.39 Å². The van der Waals surface area contributed by atoms with Crippen LogP contribution in [0, 0.1) is 11.7 Å². The molecule has 1 heterocycles. The van der Waals surface area contributed by atoms with Crippen molar-refractivity contribution >= 4 is 5.91 Å². The number of hydrogen-bond donors (Lipinski definition) is 1. The highest BCUT2D eigenvalue weighted by atomic mass is 19.1. The van der Waals surface area contributed by atoms with Gasteiger partial charge < -0.3 is 10.2 Å². The highest BCUT2D eigenvalue weighted by molar-refractivity contribution is 5.76. The highest BCUT2D eigenvalue weighted by Gasteiger charge is 2.19. The van der Waals surface area contributed by atoms with Crippen molar-refractivity contribution in [2.75, 3.05) is 26.7 Å². The average Bonchev–Trinajstić information content (AvgIpc) is 2.90. The fourth-order valence-electron chi connectivity index (χ4n) is 2.49. The van der Waals surface area contributed by atoms with E-state index in [1.807, 2.05) is 7.05 Å². The van der Waals surface area contributed by atoms with Gasteiger partial charge in [0.15, 0.2) is 0 Å². The summed E-state index contributed by atoms with van der Waals surface area (Å²) in [5.41, 5.74) is 0.617. The fraction of sp³-hybridized carbons (Fsp3) is 0.533. The largest absolute Gasteiger partial charge is 0.345 e. The molecular formula is C15H21FN2O. The van der Waals surface area contributed by atoms with Crippen LogP contribution in [0.2, 0.25) is 0 Å². The highest BCUT2D eigenvalue weighted by Crippen LogP contribution is 2.12. The first-order valence-electron chi connectivity index (χ1n) is 6.85. The number of benzene rings is 1. The Morgan fingerprint density at radius 3 is 2.95 bits per heavy atom. The second kappa shape index (κ2) is 6.66. The fourth-order valence-corrected chi connectivity index (χ4v) is 2.49. The van der Waals surface area contributed by atoms with E-state index in [-0.39, 0.29) is 11.7 Å². The molecule has 4 heteroatoms. The van der Waals surface area contributed by atoms with E-state index in [2.05, 4.69) is 5.32 Å². The van der Waals surface area contributed by atoms with Crippen molar-refractivity contribution in [1.29, 1.82) is 0 Å². The molecule has 1 aromatic rings. The number of aryl methyl sites for hydroxylation is 1. The number of amides is 1. The zero-order valence-electron chi connectivity index (χ0n) is 11.4. The summed E-state index contributed by atoms with van der Waals surface area (Å²) in [4.78, 5) is 13.8. The maximum Gasteiger partial charge on any atom is 0.222 e. The van der Waals surface area contributed by atoms with Gasteiger partial charge in [-0.1, -0.05) is 18.2 Å². The van der Waals surface area contributed by atoms with Crippen molar-refractivity contribution in [3.05, 3.63) is 35.6 Å². The molecule has 0 spiro atoms. The Morgan fingerprint density at radius 2 is 2.26 bits per heavy atom. The monoisotopic (exact) mass is 264 g/mol. The van der Waals surface area contributed by atoms with Crippen LogP contribution in [0.3, 0.4) is 0 Å². The van der Waals surface area contributed by atoms with Crippen LogP contribution in [0.15, 0.2) is 24.3 Å². The van der Waals surface area contributed by atoms with E-state index in [0.29, 0.717) is 24.3 Å². The van der Waals surface area contributed by atoms with Crippen molar-refractivity contribution in [1.82, 2.24) is 10.2 Å². The van der Waals surface area contributed by atoms with Gasteiger partial charge in [0.1, 0.15) is 5.82 Å². The van der Waals surface area contributed by atoms with Gasteiger partial charge in [-0.15, -0.1) is 0 Å². The van der Waals surface area contributed by atoms with E-state index >= 15 is 0 Å². The number of hydrogen-bond acceptors (Lipinski definition) is 2. The SMILES string of the molecule is CN(CC1CCNC1)C(=O)CCc1ccccc1F. The van der Waals surface area contributed by atoms with Gasteiger partial charge in [0, 0.05) is 20.0 Å². The van der Waals surface area contributed by atoms with Crippen molar-refractivity contribution in [3.63, 3.8) is 0 Å². The smallest absolute Gasteiger partial charge is 0.222 e. The molecule has 0 saturated carbocycles. The summed E-state index contributed by atoms with van der Waals surface area (Å²) >= 11 is 0. The normalized spacial score (nSPS) is 18.5. The maximum atomic E-state index is 13.4. The lowest BCUT2D eigenvalue weighted by molar-refractivity contribution is -0.130. The van der Waals surface area contributed by atoms with Gasteiger partial charge in [-0.2, -0.15) is 0 Å². The second-order valence-electron chi connectivity index (χ2n) is 5.22. The van der Waals surface area contributed by atoms with E-state index in [9.17, 15) is 9.18 Å². The molecule has 2 rings (SSSR count). The Labute approximate surface area is 113 Å². The maximum absolute atomic E-state index is 13.4. The van der Waals surface area contributed by atoms with E-state index < -0.39 is 0 Å². The zero-order chi connectivity index (χ0) is 13.7. The van der Waals surface area contributed by atoms with Gasteiger partial charge >= 0.3 is 0 Å². The molecule has 1 amide bonds. The van der Waals surface area contributed by atoms with Crippen molar-refractivity contribution in [2.24, 2.45) is 5.92 Å². The van der Waals surface area contributed by atoms with Gasteiger partial charge in [0.2, 0.25) is 5.91 Å². The Kier molecular flexibility index (Phi) is 4.91.